The molecule has 0 fully saturated rings. The third-order valence-corrected chi connectivity index (χ3v) is 14.1. The summed E-state index contributed by atoms with van der Waals surface area (Å²) in [5.74, 6) is -0.534. The quantitative estimate of drug-likeness (QED) is 0.0212. The molecule has 3 unspecified atom stereocenters. The van der Waals surface area contributed by atoms with E-state index >= 15 is 0 Å². The molecule has 0 aromatic carbocycles. The summed E-state index contributed by atoms with van der Waals surface area (Å²) < 4.78 is 30.2. The van der Waals surface area contributed by atoms with E-state index in [0.29, 0.717) is 17.4 Å². The van der Waals surface area contributed by atoms with Crippen molar-refractivity contribution in [3.05, 3.63) is 24.3 Å². The Morgan fingerprint density at radius 2 is 0.853 bits per heavy atom. The van der Waals surface area contributed by atoms with Gasteiger partial charge in [0, 0.05) is 12.8 Å². The van der Waals surface area contributed by atoms with Crippen molar-refractivity contribution >= 4 is 19.7 Å². The van der Waals surface area contributed by atoms with Crippen molar-refractivity contribution in [3.63, 3.8) is 0 Å². The van der Waals surface area contributed by atoms with Crippen LogP contribution in [0.4, 0.5) is 0 Å². The fraction of sp³-hybridized carbons (Fsp3) is 0.897. The van der Waals surface area contributed by atoms with Gasteiger partial charge in [-0.2, -0.15) is 0 Å². The van der Waals surface area contributed by atoms with Gasteiger partial charge in [0.25, 0.3) is 7.82 Å². The first kappa shape index (κ1) is 66.5. The highest BCUT2D eigenvalue weighted by Crippen LogP contribution is 2.38. The third-order valence-electron chi connectivity index (χ3n) is 13.1. The number of phosphoric ester groups is 1. The molecule has 0 saturated carbocycles. The maximum atomic E-state index is 13.5. The molecule has 0 rings (SSSR count). The minimum atomic E-state index is -4.69. The van der Waals surface area contributed by atoms with Crippen molar-refractivity contribution in [2.75, 3.05) is 40.9 Å². The molecular weight excluding hydrogens is 868 g/mol. The number of carbonyl (C=O) groups excluding carboxylic acids is 2. The number of quaternary nitrogens is 1. The van der Waals surface area contributed by atoms with Gasteiger partial charge in [0.15, 0.2) is 0 Å². The molecule has 402 valence electrons. The summed E-state index contributed by atoms with van der Waals surface area (Å²) in [5, 5.41) is 3.02. The molecule has 1 N–H and O–H groups in total. The fourth-order valence-corrected chi connectivity index (χ4v) is 9.30. The Kier molecular flexibility index (Phi) is 48.0. The second kappa shape index (κ2) is 49.1. The lowest BCUT2D eigenvalue weighted by Crippen LogP contribution is -2.47. The lowest BCUT2D eigenvalue weighted by molar-refractivity contribution is -0.870. The number of amides is 1. The van der Waals surface area contributed by atoms with E-state index in [2.05, 4.69) is 38.2 Å². The van der Waals surface area contributed by atoms with Gasteiger partial charge in [-0.1, -0.05) is 238 Å². The van der Waals surface area contributed by atoms with Crippen molar-refractivity contribution < 1.29 is 37.3 Å². The van der Waals surface area contributed by atoms with Gasteiger partial charge in [0.1, 0.15) is 19.3 Å². The molecule has 0 aliphatic carbocycles. The monoisotopic (exact) mass is 981 g/mol. The second-order valence-electron chi connectivity index (χ2n) is 21.2. The van der Waals surface area contributed by atoms with Gasteiger partial charge in [0.05, 0.1) is 33.8 Å². The smallest absolute Gasteiger partial charge is 0.306 e. The highest BCUT2D eigenvalue weighted by Gasteiger charge is 2.27. The molecule has 0 aliphatic rings. The van der Waals surface area contributed by atoms with Crippen LogP contribution in [0.5, 0.6) is 0 Å². The number of nitrogens with zero attached hydrogens (tertiary/aromatic N) is 1. The van der Waals surface area contributed by atoms with Crippen LogP contribution < -0.4 is 10.2 Å². The first-order valence-electron chi connectivity index (χ1n) is 29.1. The van der Waals surface area contributed by atoms with Gasteiger partial charge in [-0.15, -0.1) is 0 Å². The zero-order valence-electron chi connectivity index (χ0n) is 45.8. The molecule has 9 nitrogen and oxygen atoms in total. The van der Waals surface area contributed by atoms with Crippen molar-refractivity contribution in [1.82, 2.24) is 5.32 Å². The zero-order chi connectivity index (χ0) is 50.1. The van der Waals surface area contributed by atoms with Crippen molar-refractivity contribution in [2.45, 2.75) is 296 Å². The topological polar surface area (TPSA) is 114 Å². The number of rotatable bonds is 53. The van der Waals surface area contributed by atoms with E-state index < -0.39 is 20.0 Å². The molecule has 0 spiro atoms. The summed E-state index contributed by atoms with van der Waals surface area (Å²) in [4.78, 5) is 39.8. The predicted molar refractivity (Wildman–Crippen MR) is 289 cm³/mol. The van der Waals surface area contributed by atoms with Crippen LogP contribution in [0.25, 0.3) is 0 Å². The fourth-order valence-electron chi connectivity index (χ4n) is 8.58. The van der Waals surface area contributed by atoms with Gasteiger partial charge in [-0.05, 0) is 57.4 Å². The molecule has 0 aromatic heterocycles. The van der Waals surface area contributed by atoms with Crippen molar-refractivity contribution in [2.24, 2.45) is 0 Å². The summed E-state index contributed by atoms with van der Waals surface area (Å²) >= 11 is 0. The summed E-state index contributed by atoms with van der Waals surface area (Å²) in [6, 6.07) is -0.883. The van der Waals surface area contributed by atoms with E-state index in [-0.39, 0.29) is 31.5 Å². The minimum Gasteiger partial charge on any atom is -0.756 e. The first-order chi connectivity index (χ1) is 32.9. The molecule has 0 bridgehead atoms. The van der Waals surface area contributed by atoms with Gasteiger partial charge in [-0.25, -0.2) is 0 Å². The number of esters is 1. The van der Waals surface area contributed by atoms with E-state index in [1.807, 2.05) is 33.3 Å². The van der Waals surface area contributed by atoms with Crippen LogP contribution in [-0.4, -0.2) is 69.4 Å². The Labute approximate surface area is 422 Å². The SMILES string of the molecule is CCCCCC/C=C\CCCCCCCCCC(=O)NC(COP(=O)([O-])OCC[N+](C)(C)C)C(/C=C/CCCCCCCCCCCC)OC(=O)CCCCCCCCCCCCCCCCC. The zero-order valence-corrected chi connectivity index (χ0v) is 46.7. The van der Waals surface area contributed by atoms with Crippen LogP contribution >= 0.6 is 7.82 Å². The Morgan fingerprint density at radius 1 is 0.500 bits per heavy atom. The Balaban J connectivity index is 5.32. The van der Waals surface area contributed by atoms with Crippen molar-refractivity contribution in [3.8, 4) is 0 Å². The van der Waals surface area contributed by atoms with Gasteiger partial charge >= 0.3 is 5.97 Å². The molecule has 0 saturated heterocycles. The summed E-state index contributed by atoms with van der Waals surface area (Å²) in [5.41, 5.74) is 0. The average Bonchev–Trinajstić information content (AvgIpc) is 3.29. The molecule has 0 heterocycles. The highest BCUT2D eigenvalue weighted by atomic mass is 31.2. The molecule has 10 heteroatoms. The number of nitrogens with one attached hydrogen (secondary N) is 1. The van der Waals surface area contributed by atoms with E-state index in [1.54, 1.807) is 0 Å². The lowest BCUT2D eigenvalue weighted by Gasteiger charge is -2.30. The van der Waals surface area contributed by atoms with Crippen LogP contribution in [0.3, 0.4) is 0 Å². The summed E-state index contributed by atoms with van der Waals surface area (Å²) in [7, 11) is 1.19. The highest BCUT2D eigenvalue weighted by molar-refractivity contribution is 7.45. The Bertz CT molecular complexity index is 1220. The van der Waals surface area contributed by atoms with Crippen LogP contribution in [0.1, 0.15) is 284 Å². The van der Waals surface area contributed by atoms with Crippen LogP contribution in [0, 0.1) is 0 Å². The van der Waals surface area contributed by atoms with Crippen molar-refractivity contribution in [1.29, 1.82) is 0 Å². The van der Waals surface area contributed by atoms with Crippen LogP contribution in [-0.2, 0) is 27.9 Å². The number of hydrogen-bond donors (Lipinski definition) is 1. The number of carbonyl (C=O) groups is 2. The number of phosphoric acid groups is 1. The summed E-state index contributed by atoms with van der Waals surface area (Å²) in [6.45, 7) is 6.85. The molecule has 3 atom stereocenters. The number of unbranched alkanes of at least 4 members (excludes halogenated alkanes) is 35. The number of hydrogen-bond acceptors (Lipinski definition) is 7. The van der Waals surface area contributed by atoms with Crippen LogP contribution in [0.15, 0.2) is 24.3 Å². The Hall–Kier alpha value is -1.51. The molecule has 0 aromatic rings. The average molecular weight is 982 g/mol. The maximum Gasteiger partial charge on any atom is 0.306 e. The van der Waals surface area contributed by atoms with Crippen LogP contribution in [0.2, 0.25) is 0 Å². The maximum absolute atomic E-state index is 13.5. The normalized spacial score (nSPS) is 13.9. The van der Waals surface area contributed by atoms with Gasteiger partial charge < -0.3 is 28.5 Å². The molecule has 0 radical (unpaired) electrons. The van der Waals surface area contributed by atoms with E-state index in [0.717, 1.165) is 70.6 Å². The van der Waals surface area contributed by atoms with E-state index in [4.69, 9.17) is 13.8 Å². The predicted octanol–water partition coefficient (Wildman–Crippen LogP) is 16.8. The number of allylic oxidation sites excluding steroid dienone is 3. The van der Waals surface area contributed by atoms with Gasteiger partial charge in [0.2, 0.25) is 5.91 Å². The number of likely N-dealkylation sites (N-methyl/N-ethyl adjacent to an activating group) is 1. The third kappa shape index (κ3) is 49.5. The summed E-state index contributed by atoms with van der Waals surface area (Å²) in [6.07, 6.45) is 55.6. The Morgan fingerprint density at radius 3 is 1.26 bits per heavy atom. The first-order valence-corrected chi connectivity index (χ1v) is 30.6. The lowest BCUT2D eigenvalue weighted by atomic mass is 10.0. The largest absolute Gasteiger partial charge is 0.756 e. The molecule has 1 amide bonds. The standard InChI is InChI=1S/C58H113N2O7P/c1-7-10-13-16-19-22-25-28-30-32-35-38-41-44-47-50-57(61)59-55(54-66-68(63,64)65-53-52-60(4,5)6)56(49-46-43-40-37-34-27-24-21-18-15-12-9-3)67-58(62)51-48-45-42-39-36-33-31-29-26-23-20-17-14-11-8-2/h22,25,46,49,55-56H,7-21,23-24,26-45,47-48,50-54H2,1-6H3,(H-,59,61,63,64)/b25-22-,49-46+. The second-order valence-corrected chi connectivity index (χ2v) is 22.6. The molecule has 0 aliphatic heterocycles. The van der Waals surface area contributed by atoms with E-state index in [9.17, 15) is 19.0 Å². The number of ether oxygens (including phenoxy) is 1. The minimum absolute atomic E-state index is 0.0199. The van der Waals surface area contributed by atoms with Gasteiger partial charge in [-0.3, -0.25) is 14.2 Å². The molecular formula is C58H113N2O7P. The van der Waals surface area contributed by atoms with E-state index in [1.165, 1.54) is 180 Å². The molecule has 68 heavy (non-hydrogen) atoms.